The van der Waals surface area contributed by atoms with Crippen LogP contribution in [0.3, 0.4) is 0 Å². The maximum atomic E-state index is 12.1. The molecule has 0 spiro atoms. The molecule has 0 radical (unpaired) electrons. The van der Waals surface area contributed by atoms with Gasteiger partial charge in [-0.05, 0) is 48.9 Å². The molecular weight excluding hydrogens is 455 g/mol. The van der Waals surface area contributed by atoms with Crippen LogP contribution >= 0.6 is 23.2 Å². The lowest BCUT2D eigenvalue weighted by atomic mass is 9.87. The van der Waals surface area contributed by atoms with Gasteiger partial charge in [-0.3, -0.25) is 4.79 Å². The van der Waals surface area contributed by atoms with Gasteiger partial charge in [0.1, 0.15) is 5.60 Å². The summed E-state index contributed by atoms with van der Waals surface area (Å²) in [5.41, 5.74) is 13.9. The van der Waals surface area contributed by atoms with Crippen molar-refractivity contribution in [1.29, 1.82) is 0 Å². The number of rotatable bonds is 4. The van der Waals surface area contributed by atoms with E-state index >= 15 is 0 Å². The first kappa shape index (κ1) is 24.3. The predicted molar refractivity (Wildman–Crippen MR) is 137 cm³/mol. The van der Waals surface area contributed by atoms with Crippen LogP contribution in [0.2, 0.25) is 10.0 Å². The van der Waals surface area contributed by atoms with Crippen LogP contribution in [-0.2, 0) is 5.60 Å². The molecule has 4 aromatic carbocycles. The zero-order chi connectivity index (χ0) is 24.0. The second-order valence-electron chi connectivity index (χ2n) is 7.60. The summed E-state index contributed by atoms with van der Waals surface area (Å²) in [5, 5.41) is 11.7. The largest absolute Gasteiger partial charge is 0.398 e. The first-order valence-electron chi connectivity index (χ1n) is 10.2. The van der Waals surface area contributed by atoms with E-state index in [1.165, 1.54) is 0 Å². The molecule has 6 heteroatoms. The van der Waals surface area contributed by atoms with Crippen LogP contribution in [-0.4, -0.2) is 10.9 Å². The molecule has 4 nitrogen and oxygen atoms in total. The molecule has 0 aliphatic heterocycles. The average molecular weight is 479 g/mol. The first-order chi connectivity index (χ1) is 15.7. The smallest absolute Gasteiger partial charge is 0.195 e. The molecule has 0 aromatic heterocycles. The molecule has 0 bridgehead atoms. The molecule has 1 atom stereocenters. The number of ketones is 1. The first-order valence-corrected chi connectivity index (χ1v) is 10.9. The van der Waals surface area contributed by atoms with Crippen molar-refractivity contribution in [2.45, 2.75) is 12.5 Å². The van der Waals surface area contributed by atoms with Crippen LogP contribution in [0.5, 0.6) is 0 Å². The Morgan fingerprint density at radius 3 is 1.88 bits per heavy atom. The number of nitrogen functional groups attached to an aromatic ring is 2. The molecule has 1 unspecified atom stereocenters. The third-order valence-corrected chi connectivity index (χ3v) is 5.64. The van der Waals surface area contributed by atoms with Gasteiger partial charge in [0.25, 0.3) is 0 Å². The van der Waals surface area contributed by atoms with Gasteiger partial charge in [-0.1, -0.05) is 83.9 Å². The Bertz CT molecular complexity index is 1240. The molecule has 0 heterocycles. The maximum absolute atomic E-state index is 12.1. The van der Waals surface area contributed by atoms with Gasteiger partial charge in [0.2, 0.25) is 0 Å². The van der Waals surface area contributed by atoms with Crippen molar-refractivity contribution in [3.05, 3.63) is 129 Å². The van der Waals surface area contributed by atoms with Crippen molar-refractivity contribution in [3.63, 3.8) is 0 Å². The van der Waals surface area contributed by atoms with E-state index in [1.54, 1.807) is 55.5 Å². The van der Waals surface area contributed by atoms with E-state index in [-0.39, 0.29) is 5.78 Å². The number of carbonyl (C=O) groups is 1. The van der Waals surface area contributed by atoms with E-state index in [4.69, 9.17) is 34.7 Å². The summed E-state index contributed by atoms with van der Waals surface area (Å²) in [6.45, 7) is 1.71. The Morgan fingerprint density at radius 2 is 1.27 bits per heavy atom. The van der Waals surface area contributed by atoms with Gasteiger partial charge < -0.3 is 16.6 Å². The molecule has 5 N–H and O–H groups in total. The summed E-state index contributed by atoms with van der Waals surface area (Å²) in [4.78, 5) is 12.1. The molecule has 0 saturated carbocycles. The second kappa shape index (κ2) is 10.5. The third kappa shape index (κ3) is 5.93. The van der Waals surface area contributed by atoms with Crippen molar-refractivity contribution >= 4 is 40.4 Å². The monoisotopic (exact) mass is 478 g/mol. The van der Waals surface area contributed by atoms with Crippen molar-refractivity contribution in [3.8, 4) is 0 Å². The SMILES string of the molecule is CC(O)(c1ccccc1)c1cc(Cl)ccc1N.Nc1ccc(Cl)cc1C(=O)c1ccccc1. The topological polar surface area (TPSA) is 89.3 Å². The Balaban J connectivity index is 0.000000186. The van der Waals surface area contributed by atoms with Gasteiger partial charge in [0.05, 0.1) is 0 Å². The highest BCUT2D eigenvalue weighted by Gasteiger charge is 2.27. The minimum absolute atomic E-state index is 0.111. The van der Waals surface area contributed by atoms with Gasteiger partial charge in [-0.25, -0.2) is 0 Å². The summed E-state index contributed by atoms with van der Waals surface area (Å²) < 4.78 is 0. The summed E-state index contributed by atoms with van der Waals surface area (Å²) in [6, 6.07) is 28.4. The van der Waals surface area contributed by atoms with Crippen LogP contribution in [0.4, 0.5) is 11.4 Å². The minimum atomic E-state index is -1.14. The fourth-order valence-corrected chi connectivity index (χ4v) is 3.68. The minimum Gasteiger partial charge on any atom is -0.398 e. The highest BCUT2D eigenvalue weighted by atomic mass is 35.5. The Kier molecular flexibility index (Phi) is 7.77. The van der Waals surface area contributed by atoms with E-state index in [9.17, 15) is 9.90 Å². The van der Waals surface area contributed by atoms with Crippen molar-refractivity contribution in [2.24, 2.45) is 0 Å². The van der Waals surface area contributed by atoms with Crippen LogP contribution < -0.4 is 11.5 Å². The molecule has 0 fully saturated rings. The summed E-state index contributed by atoms with van der Waals surface area (Å²) in [7, 11) is 0. The lowest BCUT2D eigenvalue weighted by Crippen LogP contribution is -2.24. The lowest BCUT2D eigenvalue weighted by Gasteiger charge is -2.26. The normalized spacial score (nSPS) is 12.2. The highest BCUT2D eigenvalue weighted by molar-refractivity contribution is 6.31. The van der Waals surface area contributed by atoms with E-state index in [1.807, 2.05) is 48.5 Å². The molecule has 4 aromatic rings. The molecule has 33 heavy (non-hydrogen) atoms. The van der Waals surface area contributed by atoms with Crippen LogP contribution in [0.15, 0.2) is 97.1 Å². The Labute approximate surface area is 203 Å². The Hall–Kier alpha value is -3.31. The number of anilines is 2. The van der Waals surface area contributed by atoms with E-state index in [2.05, 4.69) is 0 Å². The zero-order valence-electron chi connectivity index (χ0n) is 18.0. The molecule has 0 aliphatic carbocycles. The number of hydrogen-bond donors (Lipinski definition) is 3. The number of benzene rings is 4. The molecule has 4 rings (SSSR count). The summed E-state index contributed by atoms with van der Waals surface area (Å²) in [5.74, 6) is -0.111. The van der Waals surface area contributed by atoms with Crippen LogP contribution in [0.1, 0.15) is 34.0 Å². The molecule has 0 aliphatic rings. The van der Waals surface area contributed by atoms with E-state index in [0.29, 0.717) is 38.1 Å². The molecule has 0 saturated heterocycles. The van der Waals surface area contributed by atoms with E-state index < -0.39 is 5.60 Å². The number of nitrogens with two attached hydrogens (primary N) is 2. The predicted octanol–water partition coefficient (Wildman–Crippen LogP) is 6.33. The van der Waals surface area contributed by atoms with Gasteiger partial charge in [-0.2, -0.15) is 0 Å². The molecular formula is C27H24Cl2N2O2. The van der Waals surface area contributed by atoms with Crippen molar-refractivity contribution < 1.29 is 9.90 Å². The van der Waals surface area contributed by atoms with Gasteiger partial charge in [0.15, 0.2) is 5.78 Å². The quantitative estimate of drug-likeness (QED) is 0.236. The lowest BCUT2D eigenvalue weighted by molar-refractivity contribution is 0.103. The number of carbonyl (C=O) groups excluding carboxylic acids is 1. The fourth-order valence-electron chi connectivity index (χ4n) is 3.34. The number of aliphatic hydroxyl groups is 1. The Morgan fingerprint density at radius 1 is 0.758 bits per heavy atom. The van der Waals surface area contributed by atoms with E-state index in [0.717, 1.165) is 5.56 Å². The molecule has 0 amide bonds. The fraction of sp³-hybridized carbons (Fsp3) is 0.0741. The summed E-state index contributed by atoms with van der Waals surface area (Å²) in [6.07, 6.45) is 0. The van der Waals surface area contributed by atoms with Crippen LogP contribution in [0, 0.1) is 0 Å². The zero-order valence-corrected chi connectivity index (χ0v) is 19.5. The van der Waals surface area contributed by atoms with Gasteiger partial charge >= 0.3 is 0 Å². The average Bonchev–Trinajstić information content (AvgIpc) is 2.83. The number of hydrogen-bond acceptors (Lipinski definition) is 4. The van der Waals surface area contributed by atoms with Crippen molar-refractivity contribution in [1.82, 2.24) is 0 Å². The maximum Gasteiger partial charge on any atom is 0.195 e. The third-order valence-electron chi connectivity index (χ3n) is 5.17. The van der Waals surface area contributed by atoms with Gasteiger partial charge in [-0.15, -0.1) is 0 Å². The highest BCUT2D eigenvalue weighted by Crippen LogP contribution is 2.34. The second-order valence-corrected chi connectivity index (χ2v) is 8.47. The van der Waals surface area contributed by atoms with Gasteiger partial charge in [0, 0.05) is 38.1 Å². The summed E-state index contributed by atoms with van der Waals surface area (Å²) >= 11 is 11.8. The van der Waals surface area contributed by atoms with Crippen LogP contribution in [0.25, 0.3) is 0 Å². The number of halogens is 2. The van der Waals surface area contributed by atoms with Crippen molar-refractivity contribution in [2.75, 3.05) is 11.5 Å². The standard InChI is InChI=1S/C14H14ClNO.C13H10ClNO/c1-14(17,10-5-3-2-4-6-10)12-9-11(15)7-8-13(12)16;14-10-6-7-12(15)11(8-10)13(16)9-4-2-1-3-5-9/h2-9,17H,16H2,1H3;1-8H,15H2. The molecule has 168 valence electrons.